The summed E-state index contributed by atoms with van der Waals surface area (Å²) in [6.07, 6.45) is 4.24. The molecule has 0 bridgehead atoms. The van der Waals surface area contributed by atoms with Crippen LogP contribution in [0, 0.1) is 0 Å². The molecule has 1 aliphatic carbocycles. The third-order valence-corrected chi connectivity index (χ3v) is 1.72. The van der Waals surface area contributed by atoms with E-state index in [1.54, 1.807) is 19.9 Å². The summed E-state index contributed by atoms with van der Waals surface area (Å²) in [5, 5.41) is 11.9. The Balaban J connectivity index is 2.51. The number of rotatable bonds is 2. The Labute approximate surface area is 83.3 Å². The first kappa shape index (κ1) is 10.6. The van der Waals surface area contributed by atoms with E-state index in [0.717, 1.165) is 6.42 Å². The van der Waals surface area contributed by atoms with Gasteiger partial charge in [-0.15, -0.1) is 0 Å². The van der Waals surface area contributed by atoms with Gasteiger partial charge in [-0.25, -0.2) is 4.79 Å². The van der Waals surface area contributed by atoms with Gasteiger partial charge in [0.1, 0.15) is 5.76 Å². The molecular weight excluding hydrogens is 182 g/mol. The van der Waals surface area contributed by atoms with Gasteiger partial charge in [-0.1, -0.05) is 6.08 Å². The number of alkyl carbamates (subject to hydrolysis) is 1. The fraction of sp³-hybridized carbons (Fsp3) is 0.500. The quantitative estimate of drug-likeness (QED) is 0.713. The first-order valence-electron chi connectivity index (χ1n) is 4.66. The number of allylic oxidation sites excluding steroid dienone is 3. The average molecular weight is 197 g/mol. The van der Waals surface area contributed by atoms with Gasteiger partial charge >= 0.3 is 6.09 Å². The lowest BCUT2D eigenvalue weighted by Crippen LogP contribution is -2.27. The summed E-state index contributed by atoms with van der Waals surface area (Å²) < 4.78 is 4.87. The van der Waals surface area contributed by atoms with Gasteiger partial charge in [-0.3, -0.25) is 5.32 Å². The highest BCUT2D eigenvalue weighted by Gasteiger charge is 2.11. The van der Waals surface area contributed by atoms with Crippen LogP contribution in [-0.4, -0.2) is 17.3 Å². The number of hydrogen-bond donors (Lipinski definition) is 2. The second-order valence-corrected chi connectivity index (χ2v) is 3.38. The zero-order valence-electron chi connectivity index (χ0n) is 8.41. The van der Waals surface area contributed by atoms with Crippen molar-refractivity contribution in [3.05, 3.63) is 23.6 Å². The number of carbonyl (C=O) groups is 1. The summed E-state index contributed by atoms with van der Waals surface area (Å²) in [4.78, 5) is 11.2. The molecule has 0 radical (unpaired) electrons. The molecule has 0 spiro atoms. The Morgan fingerprint density at radius 1 is 1.64 bits per heavy atom. The van der Waals surface area contributed by atoms with Crippen LogP contribution in [0.3, 0.4) is 0 Å². The van der Waals surface area contributed by atoms with Crippen LogP contribution >= 0.6 is 0 Å². The predicted molar refractivity (Wildman–Crippen MR) is 52.8 cm³/mol. The topological polar surface area (TPSA) is 58.6 Å². The van der Waals surface area contributed by atoms with E-state index in [4.69, 9.17) is 4.74 Å². The number of aliphatic hydroxyl groups excluding tert-OH is 1. The van der Waals surface area contributed by atoms with Crippen molar-refractivity contribution in [2.45, 2.75) is 32.8 Å². The normalized spacial score (nSPS) is 15.9. The van der Waals surface area contributed by atoms with Crippen LogP contribution in [0.4, 0.5) is 4.79 Å². The van der Waals surface area contributed by atoms with Crippen molar-refractivity contribution in [2.75, 3.05) is 0 Å². The molecule has 14 heavy (non-hydrogen) atoms. The number of aliphatic hydroxyl groups is 1. The van der Waals surface area contributed by atoms with E-state index in [2.05, 4.69) is 5.32 Å². The second kappa shape index (κ2) is 4.69. The number of ether oxygens (including phenoxy) is 1. The molecule has 0 aromatic rings. The van der Waals surface area contributed by atoms with Gasteiger partial charge in [0.05, 0.1) is 11.8 Å². The Morgan fingerprint density at radius 3 is 2.93 bits per heavy atom. The minimum absolute atomic E-state index is 0.162. The molecule has 0 aromatic carbocycles. The largest absolute Gasteiger partial charge is 0.510 e. The maximum absolute atomic E-state index is 11.2. The van der Waals surface area contributed by atoms with Crippen LogP contribution in [0.5, 0.6) is 0 Å². The molecule has 0 unspecified atom stereocenters. The number of nitrogens with one attached hydrogen (secondary N) is 1. The molecule has 4 heteroatoms. The van der Waals surface area contributed by atoms with E-state index in [1.165, 1.54) is 0 Å². The highest BCUT2D eigenvalue weighted by molar-refractivity contribution is 5.70. The Bertz CT molecular complexity index is 279. The van der Waals surface area contributed by atoms with E-state index in [1.807, 2.05) is 6.08 Å². The second-order valence-electron chi connectivity index (χ2n) is 3.38. The molecule has 4 nitrogen and oxygen atoms in total. The van der Waals surface area contributed by atoms with Gasteiger partial charge < -0.3 is 9.84 Å². The van der Waals surface area contributed by atoms with E-state index in [0.29, 0.717) is 12.1 Å². The van der Waals surface area contributed by atoms with E-state index in [-0.39, 0.29) is 11.9 Å². The minimum atomic E-state index is -0.534. The summed E-state index contributed by atoms with van der Waals surface area (Å²) in [6, 6.07) is 0. The molecule has 2 N–H and O–H groups in total. The lowest BCUT2D eigenvalue weighted by Gasteiger charge is -2.13. The van der Waals surface area contributed by atoms with Crippen molar-refractivity contribution in [2.24, 2.45) is 0 Å². The van der Waals surface area contributed by atoms with Gasteiger partial charge in [-0.2, -0.15) is 0 Å². The molecule has 78 valence electrons. The SMILES string of the molecule is CC(C)OC(=O)NC1=C(O)CCC=C1. The van der Waals surface area contributed by atoms with Crippen LogP contribution in [0.1, 0.15) is 26.7 Å². The third-order valence-electron chi connectivity index (χ3n) is 1.72. The molecule has 1 aliphatic rings. The molecule has 1 amide bonds. The number of carbonyl (C=O) groups excluding carboxylic acids is 1. The van der Waals surface area contributed by atoms with E-state index < -0.39 is 6.09 Å². The van der Waals surface area contributed by atoms with Crippen molar-refractivity contribution < 1.29 is 14.6 Å². The van der Waals surface area contributed by atoms with Gasteiger partial charge in [-0.05, 0) is 26.3 Å². The predicted octanol–water partition coefficient (Wildman–Crippen LogP) is 2.24. The standard InChI is InChI=1S/C10H15NO3/c1-7(2)14-10(13)11-8-5-3-4-6-9(8)12/h3,5,7,12H,4,6H2,1-2H3,(H,11,13). The lowest BCUT2D eigenvalue weighted by molar-refractivity contribution is 0.118. The maximum atomic E-state index is 11.2. The van der Waals surface area contributed by atoms with Crippen molar-refractivity contribution in [3.8, 4) is 0 Å². The summed E-state index contributed by atoms with van der Waals surface area (Å²) in [5.74, 6) is 0.202. The summed E-state index contributed by atoms with van der Waals surface area (Å²) in [7, 11) is 0. The van der Waals surface area contributed by atoms with Crippen molar-refractivity contribution in [3.63, 3.8) is 0 Å². The van der Waals surface area contributed by atoms with Gasteiger partial charge in [0.2, 0.25) is 0 Å². The van der Waals surface area contributed by atoms with E-state index in [9.17, 15) is 9.90 Å². The molecule has 0 atom stereocenters. The van der Waals surface area contributed by atoms with Crippen molar-refractivity contribution in [1.82, 2.24) is 5.32 Å². The average Bonchev–Trinajstić information content (AvgIpc) is 2.07. The van der Waals surface area contributed by atoms with Gasteiger partial charge in [0.25, 0.3) is 0 Å². The molecule has 0 heterocycles. The fourth-order valence-electron chi connectivity index (χ4n) is 1.12. The number of hydrogen-bond acceptors (Lipinski definition) is 3. The van der Waals surface area contributed by atoms with Crippen LogP contribution < -0.4 is 5.32 Å². The van der Waals surface area contributed by atoms with Crippen LogP contribution in [0.2, 0.25) is 0 Å². The van der Waals surface area contributed by atoms with Crippen molar-refractivity contribution in [1.29, 1.82) is 0 Å². The Kier molecular flexibility index (Phi) is 3.56. The summed E-state index contributed by atoms with van der Waals surface area (Å²) in [5.41, 5.74) is 0.432. The third kappa shape index (κ3) is 3.12. The van der Waals surface area contributed by atoms with Gasteiger partial charge in [0, 0.05) is 6.42 Å². The van der Waals surface area contributed by atoms with E-state index >= 15 is 0 Å². The monoisotopic (exact) mass is 197 g/mol. The smallest absolute Gasteiger partial charge is 0.411 e. The first-order chi connectivity index (χ1) is 6.59. The Hall–Kier alpha value is -1.45. The molecular formula is C10H15NO3. The van der Waals surface area contributed by atoms with Crippen LogP contribution in [-0.2, 0) is 4.74 Å². The van der Waals surface area contributed by atoms with Crippen molar-refractivity contribution >= 4 is 6.09 Å². The molecule has 0 aliphatic heterocycles. The van der Waals surface area contributed by atoms with Crippen LogP contribution in [0.25, 0.3) is 0 Å². The Morgan fingerprint density at radius 2 is 2.36 bits per heavy atom. The minimum Gasteiger partial charge on any atom is -0.510 e. The molecule has 0 aromatic heterocycles. The lowest BCUT2D eigenvalue weighted by atomic mass is 10.1. The zero-order valence-corrected chi connectivity index (χ0v) is 8.41. The van der Waals surface area contributed by atoms with Crippen LogP contribution in [0.15, 0.2) is 23.6 Å². The maximum Gasteiger partial charge on any atom is 0.411 e. The molecule has 0 saturated heterocycles. The first-order valence-corrected chi connectivity index (χ1v) is 4.66. The molecule has 0 fully saturated rings. The zero-order chi connectivity index (χ0) is 10.6. The summed E-state index contributed by atoms with van der Waals surface area (Å²) >= 11 is 0. The fourth-order valence-corrected chi connectivity index (χ4v) is 1.12. The highest BCUT2D eigenvalue weighted by Crippen LogP contribution is 2.14. The highest BCUT2D eigenvalue weighted by atomic mass is 16.6. The summed E-state index contributed by atoms with van der Waals surface area (Å²) in [6.45, 7) is 3.54. The number of amides is 1. The molecule has 0 saturated carbocycles. The molecule has 1 rings (SSSR count). The van der Waals surface area contributed by atoms with Gasteiger partial charge in [0.15, 0.2) is 0 Å².